The van der Waals surface area contributed by atoms with Crippen LogP contribution in [0.2, 0.25) is 0 Å². The Kier molecular flexibility index (Phi) is 7.01. The number of para-hydroxylation sites is 1. The Bertz CT molecular complexity index is 863. The Morgan fingerprint density at radius 3 is 2.04 bits per heavy atom. The van der Waals surface area contributed by atoms with Crippen molar-refractivity contribution in [2.75, 3.05) is 13.1 Å². The maximum Gasteiger partial charge on any atom is 0.257 e. The molecule has 4 nitrogen and oxygen atoms in total. The average Bonchev–Trinajstić information content (AvgIpc) is 3.20. The van der Waals surface area contributed by atoms with Crippen LogP contribution < -0.4 is 0 Å². The van der Waals surface area contributed by atoms with Crippen molar-refractivity contribution < 1.29 is 4.79 Å². The van der Waals surface area contributed by atoms with E-state index in [-0.39, 0.29) is 5.91 Å². The highest BCUT2D eigenvalue weighted by Gasteiger charge is 2.23. The molecule has 146 valence electrons. The number of unbranched alkanes of at least 4 members (excludes halogenated alkanes) is 2. The molecule has 1 heterocycles. The van der Waals surface area contributed by atoms with Gasteiger partial charge in [-0.05, 0) is 25.0 Å². The van der Waals surface area contributed by atoms with Crippen LogP contribution in [-0.2, 0) is 0 Å². The molecule has 3 rings (SSSR count). The van der Waals surface area contributed by atoms with Crippen LogP contribution in [0.1, 0.15) is 49.9 Å². The second-order valence-electron chi connectivity index (χ2n) is 7.04. The molecule has 0 unspecified atom stereocenters. The number of amides is 1. The first kappa shape index (κ1) is 19.9. The lowest BCUT2D eigenvalue weighted by atomic mass is 10.1. The Hall–Kier alpha value is -2.88. The summed E-state index contributed by atoms with van der Waals surface area (Å²) in [7, 11) is 0. The van der Waals surface area contributed by atoms with Crippen LogP contribution in [-0.4, -0.2) is 33.7 Å². The zero-order chi connectivity index (χ0) is 19.8. The number of carbonyl (C=O) groups is 1. The Morgan fingerprint density at radius 1 is 0.893 bits per heavy atom. The van der Waals surface area contributed by atoms with Gasteiger partial charge >= 0.3 is 0 Å². The number of rotatable bonds is 9. The molecular formula is C24H29N3O. The maximum atomic E-state index is 13.5. The summed E-state index contributed by atoms with van der Waals surface area (Å²) in [6.45, 7) is 5.90. The summed E-state index contributed by atoms with van der Waals surface area (Å²) < 4.78 is 1.81. The topological polar surface area (TPSA) is 38.1 Å². The molecule has 0 radical (unpaired) electrons. The van der Waals surface area contributed by atoms with Crippen molar-refractivity contribution in [2.45, 2.75) is 39.5 Å². The SMILES string of the molecule is CCCCN(CCCC)C(=O)c1cn(-c2ccccc2)nc1-c1ccccc1. The molecule has 0 saturated heterocycles. The summed E-state index contributed by atoms with van der Waals surface area (Å²) in [5, 5.41) is 4.78. The van der Waals surface area contributed by atoms with E-state index in [9.17, 15) is 4.79 Å². The minimum absolute atomic E-state index is 0.0722. The van der Waals surface area contributed by atoms with Gasteiger partial charge in [0.25, 0.3) is 5.91 Å². The summed E-state index contributed by atoms with van der Waals surface area (Å²) in [5.41, 5.74) is 3.33. The van der Waals surface area contributed by atoms with E-state index in [1.807, 2.05) is 76.4 Å². The molecule has 3 aromatic rings. The van der Waals surface area contributed by atoms with Crippen molar-refractivity contribution in [1.29, 1.82) is 0 Å². The molecule has 0 saturated carbocycles. The van der Waals surface area contributed by atoms with Crippen LogP contribution in [0.3, 0.4) is 0 Å². The molecule has 28 heavy (non-hydrogen) atoms. The Balaban J connectivity index is 2.01. The van der Waals surface area contributed by atoms with Gasteiger partial charge in [-0.1, -0.05) is 75.2 Å². The second kappa shape index (κ2) is 9.88. The first-order valence-electron chi connectivity index (χ1n) is 10.2. The van der Waals surface area contributed by atoms with Crippen molar-refractivity contribution in [2.24, 2.45) is 0 Å². The first-order valence-corrected chi connectivity index (χ1v) is 10.2. The maximum absolute atomic E-state index is 13.5. The van der Waals surface area contributed by atoms with Crippen LogP contribution in [0, 0.1) is 0 Å². The standard InChI is InChI=1S/C24H29N3O/c1-3-5-17-26(18-6-4-2)24(28)22-19-27(21-15-11-8-12-16-21)25-23(22)20-13-9-7-10-14-20/h7-16,19H,3-6,17-18H2,1-2H3. The lowest BCUT2D eigenvalue weighted by Crippen LogP contribution is -2.33. The summed E-state index contributed by atoms with van der Waals surface area (Å²) >= 11 is 0. The third-order valence-electron chi connectivity index (χ3n) is 4.86. The quantitative estimate of drug-likeness (QED) is 0.489. The minimum atomic E-state index is 0.0722. The van der Waals surface area contributed by atoms with Crippen molar-refractivity contribution in [3.63, 3.8) is 0 Å². The predicted molar refractivity (Wildman–Crippen MR) is 115 cm³/mol. The fourth-order valence-corrected chi connectivity index (χ4v) is 3.24. The second-order valence-corrected chi connectivity index (χ2v) is 7.04. The first-order chi connectivity index (χ1) is 13.7. The molecule has 0 aliphatic rings. The van der Waals surface area contributed by atoms with E-state index >= 15 is 0 Å². The summed E-state index contributed by atoms with van der Waals surface area (Å²) in [6.07, 6.45) is 6.06. The summed E-state index contributed by atoms with van der Waals surface area (Å²) in [4.78, 5) is 15.5. The van der Waals surface area contributed by atoms with Crippen LogP contribution in [0.4, 0.5) is 0 Å². The van der Waals surface area contributed by atoms with Crippen LogP contribution in [0.15, 0.2) is 66.9 Å². The van der Waals surface area contributed by atoms with Gasteiger partial charge in [0, 0.05) is 24.8 Å². The molecular weight excluding hydrogens is 346 g/mol. The Labute approximate surface area is 167 Å². The van der Waals surface area contributed by atoms with Crippen LogP contribution >= 0.6 is 0 Å². The van der Waals surface area contributed by atoms with Crippen molar-refractivity contribution in [1.82, 2.24) is 14.7 Å². The fraction of sp³-hybridized carbons (Fsp3) is 0.333. The van der Waals surface area contributed by atoms with E-state index < -0.39 is 0 Å². The van der Waals surface area contributed by atoms with Crippen molar-refractivity contribution >= 4 is 5.91 Å². The Morgan fingerprint density at radius 2 is 1.46 bits per heavy atom. The van der Waals surface area contributed by atoms with Crippen molar-refractivity contribution in [3.8, 4) is 16.9 Å². The van der Waals surface area contributed by atoms with Gasteiger partial charge in [0.2, 0.25) is 0 Å². The highest BCUT2D eigenvalue weighted by Crippen LogP contribution is 2.25. The van der Waals surface area contributed by atoms with Gasteiger partial charge in [-0.25, -0.2) is 4.68 Å². The smallest absolute Gasteiger partial charge is 0.257 e. The highest BCUT2D eigenvalue weighted by molar-refractivity contribution is 6.00. The van der Waals surface area contributed by atoms with E-state index in [4.69, 9.17) is 5.10 Å². The van der Waals surface area contributed by atoms with E-state index in [1.54, 1.807) is 0 Å². The largest absolute Gasteiger partial charge is 0.339 e. The molecule has 0 spiro atoms. The molecule has 0 fully saturated rings. The van der Waals surface area contributed by atoms with Gasteiger partial charge in [-0.15, -0.1) is 0 Å². The van der Waals surface area contributed by atoms with E-state index in [0.717, 1.165) is 55.7 Å². The molecule has 0 aliphatic heterocycles. The molecule has 2 aromatic carbocycles. The van der Waals surface area contributed by atoms with Gasteiger partial charge < -0.3 is 4.90 Å². The average molecular weight is 376 g/mol. The number of hydrogen-bond donors (Lipinski definition) is 0. The number of carbonyl (C=O) groups excluding carboxylic acids is 1. The predicted octanol–water partition coefficient (Wildman–Crippen LogP) is 5.58. The lowest BCUT2D eigenvalue weighted by Gasteiger charge is -2.22. The zero-order valence-electron chi connectivity index (χ0n) is 16.8. The molecule has 4 heteroatoms. The fourth-order valence-electron chi connectivity index (χ4n) is 3.24. The molecule has 0 aliphatic carbocycles. The van der Waals surface area contributed by atoms with Crippen molar-refractivity contribution in [3.05, 3.63) is 72.4 Å². The van der Waals surface area contributed by atoms with Gasteiger partial charge in [-0.2, -0.15) is 5.10 Å². The zero-order valence-corrected chi connectivity index (χ0v) is 16.8. The van der Waals surface area contributed by atoms with E-state index in [0.29, 0.717) is 5.56 Å². The number of aromatic nitrogens is 2. The third kappa shape index (κ3) is 4.69. The lowest BCUT2D eigenvalue weighted by molar-refractivity contribution is 0.0752. The molecule has 0 bridgehead atoms. The minimum Gasteiger partial charge on any atom is -0.339 e. The van der Waals surface area contributed by atoms with Crippen LogP contribution in [0.25, 0.3) is 16.9 Å². The molecule has 0 atom stereocenters. The molecule has 0 N–H and O–H groups in total. The summed E-state index contributed by atoms with van der Waals surface area (Å²) in [6, 6.07) is 19.9. The van der Waals surface area contributed by atoms with Crippen LogP contribution in [0.5, 0.6) is 0 Å². The summed E-state index contributed by atoms with van der Waals surface area (Å²) in [5.74, 6) is 0.0722. The normalized spacial score (nSPS) is 10.8. The van der Waals surface area contributed by atoms with Gasteiger partial charge in [0.05, 0.1) is 11.3 Å². The third-order valence-corrected chi connectivity index (χ3v) is 4.86. The monoisotopic (exact) mass is 375 g/mol. The van der Waals surface area contributed by atoms with Gasteiger partial charge in [0.15, 0.2) is 0 Å². The highest BCUT2D eigenvalue weighted by atomic mass is 16.2. The number of hydrogen-bond acceptors (Lipinski definition) is 2. The van der Waals surface area contributed by atoms with E-state index in [1.165, 1.54) is 0 Å². The number of benzene rings is 2. The van der Waals surface area contributed by atoms with Gasteiger partial charge in [0.1, 0.15) is 5.69 Å². The molecule has 1 amide bonds. The number of nitrogens with zero attached hydrogens (tertiary/aromatic N) is 3. The molecule has 1 aromatic heterocycles. The van der Waals surface area contributed by atoms with Gasteiger partial charge in [-0.3, -0.25) is 4.79 Å². The van der Waals surface area contributed by atoms with E-state index in [2.05, 4.69) is 13.8 Å².